The second-order valence-corrected chi connectivity index (χ2v) is 7.40. The summed E-state index contributed by atoms with van der Waals surface area (Å²) in [7, 11) is 0. The molecule has 2 fully saturated rings. The maximum atomic E-state index is 12.2. The molecular weight excluding hydrogens is 306 g/mol. The number of nitrogens with two attached hydrogens (primary N) is 1. The Labute approximate surface area is 133 Å². The van der Waals surface area contributed by atoms with E-state index < -0.39 is 0 Å². The average molecular weight is 327 g/mol. The van der Waals surface area contributed by atoms with Crippen LogP contribution in [-0.2, 0) is 0 Å². The number of hydrogen-bond acceptors (Lipinski definition) is 7. The second kappa shape index (κ2) is 6.85. The molecule has 6 nitrogen and oxygen atoms in total. The van der Waals surface area contributed by atoms with E-state index in [1.807, 2.05) is 11.8 Å². The summed E-state index contributed by atoms with van der Waals surface area (Å²) >= 11 is 3.28. The van der Waals surface area contributed by atoms with E-state index in [1.54, 1.807) is 0 Å². The maximum absolute atomic E-state index is 12.2. The third-order valence-electron chi connectivity index (χ3n) is 3.68. The molecule has 1 aliphatic carbocycles. The van der Waals surface area contributed by atoms with Crippen LogP contribution in [0.1, 0.15) is 23.2 Å². The molecule has 116 valence electrons. The fraction of sp³-hybridized carbons (Fsp3) is 0.692. The molecule has 1 aliphatic heterocycles. The van der Waals surface area contributed by atoms with Gasteiger partial charge in [-0.25, -0.2) is 0 Å². The predicted octanol–water partition coefficient (Wildman–Crippen LogP) is 1.08. The normalized spacial score (nSPS) is 19.4. The third kappa shape index (κ3) is 4.02. The highest BCUT2D eigenvalue weighted by Crippen LogP contribution is 2.28. The van der Waals surface area contributed by atoms with Gasteiger partial charge in [-0.15, -0.1) is 0 Å². The first-order valence-corrected chi connectivity index (χ1v) is 9.27. The summed E-state index contributed by atoms with van der Waals surface area (Å²) in [5, 5.41) is 7.08. The summed E-state index contributed by atoms with van der Waals surface area (Å²) in [5.74, 6) is 2.65. The van der Waals surface area contributed by atoms with Crippen molar-refractivity contribution in [2.45, 2.75) is 18.9 Å². The highest BCUT2D eigenvalue weighted by atomic mass is 32.2. The van der Waals surface area contributed by atoms with Gasteiger partial charge in [-0.2, -0.15) is 16.1 Å². The number of nitrogens with one attached hydrogen (secondary N) is 2. The Morgan fingerprint density at radius 2 is 2.14 bits per heavy atom. The van der Waals surface area contributed by atoms with Crippen LogP contribution in [0.3, 0.4) is 0 Å². The Bertz CT molecular complexity index is 497. The van der Waals surface area contributed by atoms with Crippen LogP contribution in [0.25, 0.3) is 0 Å². The van der Waals surface area contributed by atoms with Crippen LogP contribution in [0.15, 0.2) is 0 Å². The molecule has 0 radical (unpaired) electrons. The SMILES string of the molecule is Nc1nsc(NCCN2CCSCC2)c1C(=O)NC1CC1. The van der Waals surface area contributed by atoms with E-state index in [0.29, 0.717) is 17.4 Å². The lowest BCUT2D eigenvalue weighted by molar-refractivity contribution is 0.0953. The highest BCUT2D eigenvalue weighted by molar-refractivity contribution is 7.99. The van der Waals surface area contributed by atoms with Gasteiger partial charge in [0.2, 0.25) is 0 Å². The van der Waals surface area contributed by atoms with Crippen molar-refractivity contribution >= 4 is 40.0 Å². The number of anilines is 2. The van der Waals surface area contributed by atoms with E-state index in [4.69, 9.17) is 5.73 Å². The average Bonchev–Trinajstić information content (AvgIpc) is 3.22. The van der Waals surface area contributed by atoms with Gasteiger partial charge in [-0.1, -0.05) is 0 Å². The number of aromatic nitrogens is 1. The summed E-state index contributed by atoms with van der Waals surface area (Å²) in [6.07, 6.45) is 2.14. The maximum Gasteiger partial charge on any atom is 0.258 e. The molecule has 2 aliphatic rings. The van der Waals surface area contributed by atoms with E-state index in [-0.39, 0.29) is 5.91 Å². The van der Waals surface area contributed by atoms with Gasteiger partial charge in [0.25, 0.3) is 5.91 Å². The molecular formula is C13H21N5OS2. The zero-order chi connectivity index (χ0) is 14.7. The number of hydrogen-bond donors (Lipinski definition) is 3. The second-order valence-electron chi connectivity index (χ2n) is 5.40. The summed E-state index contributed by atoms with van der Waals surface area (Å²) in [6.45, 7) is 4.09. The molecule has 0 bridgehead atoms. The molecule has 1 aromatic heterocycles. The summed E-state index contributed by atoms with van der Waals surface area (Å²) in [4.78, 5) is 14.6. The Balaban J connectivity index is 1.53. The minimum Gasteiger partial charge on any atom is -0.382 e. The smallest absolute Gasteiger partial charge is 0.258 e. The molecule has 4 N–H and O–H groups in total. The number of rotatable bonds is 6. The lowest BCUT2D eigenvalue weighted by Gasteiger charge is -2.26. The minimum atomic E-state index is -0.0966. The number of nitrogen functional groups attached to an aromatic ring is 1. The van der Waals surface area contributed by atoms with Crippen molar-refractivity contribution in [2.75, 3.05) is 48.7 Å². The quantitative estimate of drug-likeness (QED) is 0.725. The molecule has 0 unspecified atom stereocenters. The fourth-order valence-electron chi connectivity index (χ4n) is 2.28. The van der Waals surface area contributed by atoms with Gasteiger partial charge in [-0.05, 0) is 24.4 Å². The van der Waals surface area contributed by atoms with Crippen LogP contribution < -0.4 is 16.4 Å². The van der Waals surface area contributed by atoms with Gasteiger partial charge in [0, 0.05) is 43.7 Å². The van der Waals surface area contributed by atoms with Crippen molar-refractivity contribution in [3.05, 3.63) is 5.56 Å². The molecule has 1 saturated heterocycles. The Hall–Kier alpha value is -0.990. The van der Waals surface area contributed by atoms with Crippen molar-refractivity contribution < 1.29 is 4.79 Å². The third-order valence-corrected chi connectivity index (χ3v) is 5.44. The van der Waals surface area contributed by atoms with Crippen LogP contribution in [0.5, 0.6) is 0 Å². The first-order chi connectivity index (χ1) is 10.2. The van der Waals surface area contributed by atoms with Gasteiger partial charge < -0.3 is 16.4 Å². The molecule has 21 heavy (non-hydrogen) atoms. The lowest BCUT2D eigenvalue weighted by Crippen LogP contribution is -2.36. The number of thioether (sulfide) groups is 1. The number of nitrogens with zero attached hydrogens (tertiary/aromatic N) is 2. The van der Waals surface area contributed by atoms with Crippen LogP contribution in [0.4, 0.5) is 10.8 Å². The molecule has 8 heteroatoms. The fourth-order valence-corrected chi connectivity index (χ4v) is 3.99. The van der Waals surface area contributed by atoms with E-state index in [0.717, 1.165) is 44.0 Å². The minimum absolute atomic E-state index is 0.0966. The van der Waals surface area contributed by atoms with Crippen LogP contribution >= 0.6 is 23.3 Å². The van der Waals surface area contributed by atoms with Crippen molar-refractivity contribution in [2.24, 2.45) is 0 Å². The van der Waals surface area contributed by atoms with Crippen LogP contribution in [0, 0.1) is 0 Å². The molecule has 1 saturated carbocycles. The lowest BCUT2D eigenvalue weighted by atomic mass is 10.3. The topological polar surface area (TPSA) is 83.3 Å². The van der Waals surface area contributed by atoms with Gasteiger partial charge >= 0.3 is 0 Å². The van der Waals surface area contributed by atoms with Crippen LogP contribution in [0.2, 0.25) is 0 Å². The standard InChI is InChI=1S/C13H21N5OS2/c14-11-10(12(19)16-9-1-2-9)13(21-17-11)15-3-4-18-5-7-20-8-6-18/h9,15H,1-8H2,(H2,14,17)(H,16,19). The summed E-state index contributed by atoms with van der Waals surface area (Å²) in [6, 6.07) is 0.329. The molecule has 0 atom stereocenters. The number of carbonyl (C=O) groups is 1. The Morgan fingerprint density at radius 3 is 2.86 bits per heavy atom. The van der Waals surface area contributed by atoms with Crippen molar-refractivity contribution in [3.63, 3.8) is 0 Å². The van der Waals surface area contributed by atoms with E-state index in [9.17, 15) is 4.79 Å². The number of amides is 1. The Kier molecular flexibility index (Phi) is 4.87. The highest BCUT2D eigenvalue weighted by Gasteiger charge is 2.27. The van der Waals surface area contributed by atoms with Gasteiger partial charge in [0.1, 0.15) is 10.6 Å². The first-order valence-electron chi connectivity index (χ1n) is 7.34. The van der Waals surface area contributed by atoms with Crippen molar-refractivity contribution in [1.82, 2.24) is 14.6 Å². The molecule has 1 amide bonds. The zero-order valence-corrected chi connectivity index (χ0v) is 13.6. The van der Waals surface area contributed by atoms with E-state index in [2.05, 4.69) is 19.9 Å². The summed E-state index contributed by atoms with van der Waals surface area (Å²) < 4.78 is 4.11. The molecule has 0 aromatic carbocycles. The van der Waals surface area contributed by atoms with Gasteiger partial charge in [-0.3, -0.25) is 9.69 Å². The predicted molar refractivity (Wildman–Crippen MR) is 89.3 cm³/mol. The monoisotopic (exact) mass is 327 g/mol. The van der Waals surface area contributed by atoms with Crippen molar-refractivity contribution in [1.29, 1.82) is 0 Å². The van der Waals surface area contributed by atoms with Crippen LogP contribution in [-0.4, -0.2) is 58.9 Å². The van der Waals surface area contributed by atoms with Gasteiger partial charge in [0.05, 0.1) is 0 Å². The first kappa shape index (κ1) is 14.9. The summed E-state index contributed by atoms with van der Waals surface area (Å²) in [5.41, 5.74) is 6.35. The van der Waals surface area contributed by atoms with E-state index >= 15 is 0 Å². The number of carbonyl (C=O) groups excluding carboxylic acids is 1. The zero-order valence-electron chi connectivity index (χ0n) is 11.9. The molecule has 1 aromatic rings. The molecule has 0 spiro atoms. The van der Waals surface area contributed by atoms with Crippen molar-refractivity contribution in [3.8, 4) is 0 Å². The molecule has 3 rings (SSSR count). The largest absolute Gasteiger partial charge is 0.382 e. The van der Waals surface area contributed by atoms with Gasteiger partial charge in [0.15, 0.2) is 5.82 Å². The molecule has 2 heterocycles. The van der Waals surface area contributed by atoms with E-state index in [1.165, 1.54) is 23.0 Å². The Morgan fingerprint density at radius 1 is 1.38 bits per heavy atom.